The van der Waals surface area contributed by atoms with Crippen LogP contribution in [0.4, 0.5) is 5.82 Å². The van der Waals surface area contributed by atoms with Crippen LogP contribution in [0.5, 0.6) is 0 Å². The van der Waals surface area contributed by atoms with E-state index in [2.05, 4.69) is 28.7 Å². The third-order valence-electron chi connectivity index (χ3n) is 6.36. The highest BCUT2D eigenvalue weighted by molar-refractivity contribution is 5.89. The van der Waals surface area contributed by atoms with E-state index in [1.54, 1.807) is 6.33 Å². The van der Waals surface area contributed by atoms with Crippen molar-refractivity contribution in [3.63, 3.8) is 0 Å². The van der Waals surface area contributed by atoms with Crippen molar-refractivity contribution in [1.29, 1.82) is 0 Å². The summed E-state index contributed by atoms with van der Waals surface area (Å²) >= 11 is 0. The van der Waals surface area contributed by atoms with Crippen molar-refractivity contribution in [2.75, 3.05) is 37.6 Å². The summed E-state index contributed by atoms with van der Waals surface area (Å²) in [5.74, 6) is 1.61. The van der Waals surface area contributed by atoms with Crippen LogP contribution in [0, 0.1) is 11.8 Å². The zero-order chi connectivity index (χ0) is 21.3. The summed E-state index contributed by atoms with van der Waals surface area (Å²) in [6, 6.07) is 7.99. The van der Waals surface area contributed by atoms with E-state index < -0.39 is 0 Å². The number of fused-ring (bicyclic) bond motifs is 1. The summed E-state index contributed by atoms with van der Waals surface area (Å²) in [6.07, 6.45) is 2.74. The van der Waals surface area contributed by atoms with Gasteiger partial charge in [-0.3, -0.25) is 9.59 Å². The molecule has 2 atom stereocenters. The molecule has 0 aliphatic carbocycles. The van der Waals surface area contributed by atoms with Gasteiger partial charge in [0, 0.05) is 50.6 Å². The highest BCUT2D eigenvalue weighted by Gasteiger charge is 2.39. The molecule has 0 spiro atoms. The maximum Gasteiger partial charge on any atom is 0.227 e. The van der Waals surface area contributed by atoms with Crippen molar-refractivity contribution >= 4 is 28.5 Å². The topological polar surface area (TPSA) is 69.6 Å². The van der Waals surface area contributed by atoms with Crippen LogP contribution in [-0.4, -0.2) is 70.3 Å². The van der Waals surface area contributed by atoms with Gasteiger partial charge in [0.1, 0.15) is 12.1 Å². The molecule has 2 fully saturated rings. The van der Waals surface area contributed by atoms with Gasteiger partial charge in [-0.2, -0.15) is 0 Å². The molecule has 2 aliphatic heterocycles. The Morgan fingerprint density at radius 2 is 1.87 bits per heavy atom. The van der Waals surface area contributed by atoms with Crippen LogP contribution in [0.2, 0.25) is 0 Å². The zero-order valence-electron chi connectivity index (χ0n) is 18.1. The van der Waals surface area contributed by atoms with E-state index >= 15 is 0 Å². The normalized spacial score (nSPS) is 22.8. The molecule has 1 aromatic carbocycles. The predicted molar refractivity (Wildman–Crippen MR) is 117 cm³/mol. The van der Waals surface area contributed by atoms with Gasteiger partial charge in [-0.25, -0.2) is 9.97 Å². The van der Waals surface area contributed by atoms with Crippen LogP contribution in [0.25, 0.3) is 10.9 Å². The largest absolute Gasteiger partial charge is 0.352 e. The number of nitrogens with zero attached hydrogens (tertiary/aromatic N) is 5. The molecule has 2 amide bonds. The molecule has 0 radical (unpaired) electrons. The maximum absolute atomic E-state index is 13.3. The number of amides is 2. The highest BCUT2D eigenvalue weighted by atomic mass is 16.2. The number of rotatable bonds is 4. The fourth-order valence-corrected chi connectivity index (χ4v) is 4.72. The van der Waals surface area contributed by atoms with Crippen molar-refractivity contribution in [1.82, 2.24) is 19.8 Å². The van der Waals surface area contributed by atoms with Gasteiger partial charge in [-0.15, -0.1) is 0 Å². The third-order valence-corrected chi connectivity index (χ3v) is 6.36. The summed E-state index contributed by atoms with van der Waals surface area (Å²) in [4.78, 5) is 40.7. The average Bonchev–Trinajstić information content (AvgIpc) is 2.76. The number of piperazine rings is 1. The molecule has 0 N–H and O–H groups in total. The van der Waals surface area contributed by atoms with Crippen LogP contribution < -0.4 is 4.90 Å². The number of aromatic nitrogens is 2. The molecular formula is C23H31N5O2. The number of anilines is 1. The Kier molecular flexibility index (Phi) is 5.88. The van der Waals surface area contributed by atoms with E-state index in [1.807, 2.05) is 41.0 Å². The number of likely N-dealkylation sites (tertiary alicyclic amines) is 1. The Morgan fingerprint density at radius 3 is 2.60 bits per heavy atom. The first-order valence-electron chi connectivity index (χ1n) is 11.0. The van der Waals surface area contributed by atoms with E-state index in [-0.39, 0.29) is 23.8 Å². The lowest BCUT2D eigenvalue weighted by molar-refractivity contribution is -0.147. The Hall–Kier alpha value is -2.70. The molecule has 160 valence electrons. The van der Waals surface area contributed by atoms with Gasteiger partial charge < -0.3 is 14.7 Å². The van der Waals surface area contributed by atoms with Crippen LogP contribution in [0.1, 0.15) is 33.6 Å². The number of carbonyl (C=O) groups is 2. The molecule has 0 saturated carbocycles. The fourth-order valence-electron chi connectivity index (χ4n) is 4.72. The van der Waals surface area contributed by atoms with Crippen LogP contribution in [-0.2, 0) is 9.59 Å². The maximum atomic E-state index is 13.3. The Balaban J connectivity index is 1.42. The van der Waals surface area contributed by atoms with Gasteiger partial charge in [0.25, 0.3) is 0 Å². The van der Waals surface area contributed by atoms with Crippen molar-refractivity contribution in [3.8, 4) is 0 Å². The van der Waals surface area contributed by atoms with Crippen molar-refractivity contribution in [3.05, 3.63) is 30.6 Å². The number of benzene rings is 1. The monoisotopic (exact) mass is 409 g/mol. The molecule has 7 nitrogen and oxygen atoms in total. The number of hydrogen-bond acceptors (Lipinski definition) is 5. The molecule has 2 aromatic rings. The minimum atomic E-state index is -0.104. The second-order valence-electron chi connectivity index (χ2n) is 8.85. The predicted octanol–water partition coefficient (Wildman–Crippen LogP) is 2.56. The Bertz CT molecular complexity index is 917. The number of para-hydroxylation sites is 1. The second-order valence-corrected chi connectivity index (χ2v) is 8.85. The quantitative estimate of drug-likeness (QED) is 0.776. The van der Waals surface area contributed by atoms with Gasteiger partial charge >= 0.3 is 0 Å². The molecule has 3 heterocycles. The summed E-state index contributed by atoms with van der Waals surface area (Å²) in [5, 5.41) is 1.04. The fraction of sp³-hybridized carbons (Fsp3) is 0.565. The zero-order valence-corrected chi connectivity index (χ0v) is 18.1. The van der Waals surface area contributed by atoms with E-state index in [4.69, 9.17) is 0 Å². The van der Waals surface area contributed by atoms with Crippen LogP contribution in [0.15, 0.2) is 30.6 Å². The van der Waals surface area contributed by atoms with Gasteiger partial charge in [0.05, 0.1) is 11.4 Å². The number of carbonyl (C=O) groups excluding carboxylic acids is 2. The van der Waals surface area contributed by atoms with Crippen molar-refractivity contribution in [2.45, 2.75) is 39.7 Å². The van der Waals surface area contributed by atoms with Gasteiger partial charge in [0.15, 0.2) is 0 Å². The average molecular weight is 410 g/mol. The minimum absolute atomic E-state index is 0.0370. The summed E-state index contributed by atoms with van der Waals surface area (Å²) in [7, 11) is 0. The minimum Gasteiger partial charge on any atom is -0.352 e. The lowest BCUT2D eigenvalue weighted by Gasteiger charge is -2.43. The van der Waals surface area contributed by atoms with Gasteiger partial charge in [0.2, 0.25) is 11.8 Å². The SMILES string of the molecule is CC(C)CN1C(=O)CC[C@@H](C(=O)N2CCN(c3ncnc4ccccc34)CC2)[C@H]1C. The van der Waals surface area contributed by atoms with Crippen LogP contribution >= 0.6 is 0 Å². The lowest BCUT2D eigenvalue weighted by atomic mass is 9.87. The van der Waals surface area contributed by atoms with Gasteiger partial charge in [-0.05, 0) is 31.4 Å². The number of hydrogen-bond donors (Lipinski definition) is 0. The highest BCUT2D eigenvalue weighted by Crippen LogP contribution is 2.28. The molecule has 2 aliphatic rings. The first-order valence-corrected chi connectivity index (χ1v) is 11.0. The van der Waals surface area contributed by atoms with Gasteiger partial charge in [-0.1, -0.05) is 26.0 Å². The molecular weight excluding hydrogens is 378 g/mol. The molecule has 1 aromatic heterocycles. The summed E-state index contributed by atoms with van der Waals surface area (Å²) in [5.41, 5.74) is 0.937. The standard InChI is InChI=1S/C23H31N5O2/c1-16(2)14-28-17(3)18(8-9-21(28)29)23(30)27-12-10-26(11-13-27)22-19-6-4-5-7-20(19)24-15-25-22/h4-7,15-18H,8-14H2,1-3H3/t17-,18-/m1/s1. The second kappa shape index (κ2) is 8.58. The van der Waals surface area contributed by atoms with Crippen molar-refractivity contribution < 1.29 is 9.59 Å². The molecule has 30 heavy (non-hydrogen) atoms. The third kappa shape index (κ3) is 3.98. The summed E-state index contributed by atoms with van der Waals surface area (Å²) < 4.78 is 0. The molecule has 0 bridgehead atoms. The first-order chi connectivity index (χ1) is 14.5. The van der Waals surface area contributed by atoms with E-state index in [1.165, 1.54) is 0 Å². The molecule has 7 heteroatoms. The molecule has 4 rings (SSSR count). The van der Waals surface area contributed by atoms with E-state index in [0.29, 0.717) is 31.8 Å². The van der Waals surface area contributed by atoms with Crippen LogP contribution in [0.3, 0.4) is 0 Å². The van der Waals surface area contributed by atoms with E-state index in [0.717, 1.165) is 36.4 Å². The molecule has 2 saturated heterocycles. The van der Waals surface area contributed by atoms with Crippen molar-refractivity contribution in [2.24, 2.45) is 11.8 Å². The van der Waals surface area contributed by atoms with E-state index in [9.17, 15) is 9.59 Å². The Labute approximate surface area is 178 Å². The Morgan fingerprint density at radius 1 is 1.13 bits per heavy atom. The smallest absolute Gasteiger partial charge is 0.227 e. The molecule has 0 unspecified atom stereocenters. The number of piperidine rings is 1. The first kappa shape index (κ1) is 20.6. The lowest BCUT2D eigenvalue weighted by Crippen LogP contribution is -2.56. The summed E-state index contributed by atoms with van der Waals surface area (Å²) in [6.45, 7) is 9.84.